The van der Waals surface area contributed by atoms with Gasteiger partial charge < -0.3 is 10.3 Å². The smallest absolute Gasteiger partial charge is 0.0456 e. The van der Waals surface area contributed by atoms with E-state index >= 15 is 0 Å². The molecule has 98 valence electrons. The number of hydrogen-bond acceptors (Lipinski definition) is 1. The van der Waals surface area contributed by atoms with Crippen LogP contribution in [0.1, 0.15) is 38.3 Å². The average Bonchev–Trinajstić information content (AvgIpc) is 2.76. The summed E-state index contributed by atoms with van der Waals surface area (Å²) in [5.74, 6) is 0. The standard InChI is InChI=1S/C16H24N2/c1-4-13-7-8-16-15(10-13)14(11-18-16)6-5-9-17-12(2)3/h7-8,10-12,17-18H,4-6,9H2,1-3H3. The maximum absolute atomic E-state index is 3.47. The predicted molar refractivity (Wildman–Crippen MR) is 79.1 cm³/mol. The van der Waals surface area contributed by atoms with Gasteiger partial charge in [-0.2, -0.15) is 0 Å². The first-order valence-corrected chi connectivity index (χ1v) is 7.03. The van der Waals surface area contributed by atoms with Crippen molar-refractivity contribution in [2.75, 3.05) is 6.54 Å². The van der Waals surface area contributed by atoms with E-state index in [9.17, 15) is 0 Å². The molecule has 1 aromatic heterocycles. The van der Waals surface area contributed by atoms with Crippen molar-refractivity contribution < 1.29 is 0 Å². The zero-order valence-corrected chi connectivity index (χ0v) is 11.7. The summed E-state index contributed by atoms with van der Waals surface area (Å²) in [5, 5.41) is 4.87. The molecule has 0 aliphatic carbocycles. The molecule has 0 atom stereocenters. The molecule has 2 rings (SSSR count). The summed E-state index contributed by atoms with van der Waals surface area (Å²) in [7, 11) is 0. The number of aromatic amines is 1. The van der Waals surface area contributed by atoms with Crippen molar-refractivity contribution in [1.29, 1.82) is 0 Å². The third-order valence-electron chi connectivity index (χ3n) is 3.42. The van der Waals surface area contributed by atoms with Gasteiger partial charge >= 0.3 is 0 Å². The third-order valence-corrected chi connectivity index (χ3v) is 3.42. The first kappa shape index (κ1) is 13.2. The molecule has 2 nitrogen and oxygen atoms in total. The molecule has 2 heteroatoms. The number of H-pyrrole nitrogens is 1. The third kappa shape index (κ3) is 3.14. The largest absolute Gasteiger partial charge is 0.361 e. The minimum atomic E-state index is 0.583. The van der Waals surface area contributed by atoms with E-state index in [2.05, 4.69) is 55.5 Å². The number of fused-ring (bicyclic) bond motifs is 1. The van der Waals surface area contributed by atoms with Gasteiger partial charge in [-0.25, -0.2) is 0 Å². The highest BCUT2D eigenvalue weighted by Crippen LogP contribution is 2.21. The molecule has 0 fully saturated rings. The van der Waals surface area contributed by atoms with E-state index in [0.29, 0.717) is 6.04 Å². The van der Waals surface area contributed by atoms with Crippen LogP contribution in [0.15, 0.2) is 24.4 Å². The van der Waals surface area contributed by atoms with Crippen LogP contribution in [0.4, 0.5) is 0 Å². The summed E-state index contributed by atoms with van der Waals surface area (Å²) in [4.78, 5) is 3.37. The van der Waals surface area contributed by atoms with Crippen molar-refractivity contribution >= 4 is 10.9 Å². The van der Waals surface area contributed by atoms with Gasteiger partial charge in [0.1, 0.15) is 0 Å². The highest BCUT2D eigenvalue weighted by Gasteiger charge is 2.04. The molecule has 0 radical (unpaired) electrons. The second-order valence-corrected chi connectivity index (χ2v) is 5.26. The molecular weight excluding hydrogens is 220 g/mol. The number of nitrogens with one attached hydrogen (secondary N) is 2. The van der Waals surface area contributed by atoms with Gasteiger partial charge in [-0.15, -0.1) is 0 Å². The van der Waals surface area contributed by atoms with E-state index in [0.717, 1.165) is 19.4 Å². The number of aryl methyl sites for hydroxylation is 2. The Kier molecular flexibility index (Phi) is 4.43. The Hall–Kier alpha value is -1.28. The second-order valence-electron chi connectivity index (χ2n) is 5.26. The highest BCUT2D eigenvalue weighted by molar-refractivity contribution is 5.83. The van der Waals surface area contributed by atoms with Crippen molar-refractivity contribution in [1.82, 2.24) is 10.3 Å². The van der Waals surface area contributed by atoms with Gasteiger partial charge in [-0.3, -0.25) is 0 Å². The molecule has 2 aromatic rings. The van der Waals surface area contributed by atoms with Crippen LogP contribution in [-0.4, -0.2) is 17.6 Å². The summed E-state index contributed by atoms with van der Waals surface area (Å²) >= 11 is 0. The predicted octanol–water partition coefficient (Wildman–Crippen LogP) is 3.66. The molecule has 18 heavy (non-hydrogen) atoms. The minimum Gasteiger partial charge on any atom is -0.361 e. The molecule has 1 heterocycles. The minimum absolute atomic E-state index is 0.583. The first-order chi connectivity index (χ1) is 8.70. The Morgan fingerprint density at radius 3 is 2.83 bits per heavy atom. The fourth-order valence-electron chi connectivity index (χ4n) is 2.32. The molecule has 0 saturated heterocycles. The molecule has 0 amide bonds. The molecule has 0 bridgehead atoms. The number of aromatic nitrogens is 1. The maximum atomic E-state index is 3.47. The van der Waals surface area contributed by atoms with Crippen LogP contribution >= 0.6 is 0 Å². The van der Waals surface area contributed by atoms with E-state index in [4.69, 9.17) is 0 Å². The molecule has 0 spiro atoms. The highest BCUT2D eigenvalue weighted by atomic mass is 14.9. The lowest BCUT2D eigenvalue weighted by molar-refractivity contribution is 0.571. The quantitative estimate of drug-likeness (QED) is 0.746. The Morgan fingerprint density at radius 2 is 2.11 bits per heavy atom. The van der Waals surface area contributed by atoms with Crippen LogP contribution in [0.3, 0.4) is 0 Å². The summed E-state index contributed by atoms with van der Waals surface area (Å²) in [5.41, 5.74) is 4.13. The van der Waals surface area contributed by atoms with Gasteiger partial charge in [0.15, 0.2) is 0 Å². The second kappa shape index (κ2) is 6.05. The molecular formula is C16H24N2. The van der Waals surface area contributed by atoms with E-state index in [1.165, 1.54) is 28.5 Å². The van der Waals surface area contributed by atoms with Crippen molar-refractivity contribution in [3.63, 3.8) is 0 Å². The maximum Gasteiger partial charge on any atom is 0.0456 e. The lowest BCUT2D eigenvalue weighted by Crippen LogP contribution is -2.23. The number of hydrogen-bond donors (Lipinski definition) is 2. The van der Waals surface area contributed by atoms with Crippen molar-refractivity contribution in [2.45, 2.75) is 46.1 Å². The Labute approximate surface area is 110 Å². The lowest BCUT2D eigenvalue weighted by atomic mass is 10.0. The van der Waals surface area contributed by atoms with E-state index in [1.54, 1.807) is 0 Å². The van der Waals surface area contributed by atoms with Crippen LogP contribution in [0, 0.1) is 0 Å². The van der Waals surface area contributed by atoms with E-state index in [-0.39, 0.29) is 0 Å². The molecule has 2 N–H and O–H groups in total. The van der Waals surface area contributed by atoms with Gasteiger partial charge in [0.05, 0.1) is 0 Å². The fourth-order valence-corrected chi connectivity index (χ4v) is 2.32. The van der Waals surface area contributed by atoms with Gasteiger partial charge in [-0.05, 0) is 49.1 Å². The average molecular weight is 244 g/mol. The van der Waals surface area contributed by atoms with Crippen LogP contribution < -0.4 is 5.32 Å². The molecule has 0 saturated carbocycles. The molecule has 0 unspecified atom stereocenters. The molecule has 1 aromatic carbocycles. The van der Waals surface area contributed by atoms with Crippen LogP contribution in [0.25, 0.3) is 10.9 Å². The Bertz CT molecular complexity index is 497. The lowest BCUT2D eigenvalue weighted by Gasteiger charge is -2.07. The van der Waals surface area contributed by atoms with Gasteiger partial charge in [0.2, 0.25) is 0 Å². The first-order valence-electron chi connectivity index (χ1n) is 7.03. The SMILES string of the molecule is CCc1ccc2[nH]cc(CCCNC(C)C)c2c1. The summed E-state index contributed by atoms with van der Waals surface area (Å²) in [6.07, 6.45) is 5.61. The van der Waals surface area contributed by atoms with Crippen LogP contribution in [0.2, 0.25) is 0 Å². The van der Waals surface area contributed by atoms with Gasteiger partial charge in [0, 0.05) is 23.1 Å². The zero-order chi connectivity index (χ0) is 13.0. The normalized spacial score (nSPS) is 11.6. The zero-order valence-electron chi connectivity index (χ0n) is 11.7. The van der Waals surface area contributed by atoms with E-state index in [1.807, 2.05) is 0 Å². The number of rotatable bonds is 6. The van der Waals surface area contributed by atoms with Gasteiger partial charge in [0.25, 0.3) is 0 Å². The van der Waals surface area contributed by atoms with Crippen LogP contribution in [0.5, 0.6) is 0 Å². The van der Waals surface area contributed by atoms with Crippen molar-refractivity contribution in [2.24, 2.45) is 0 Å². The van der Waals surface area contributed by atoms with Crippen molar-refractivity contribution in [3.05, 3.63) is 35.5 Å². The van der Waals surface area contributed by atoms with Gasteiger partial charge in [-0.1, -0.05) is 26.8 Å². The van der Waals surface area contributed by atoms with Crippen molar-refractivity contribution in [3.8, 4) is 0 Å². The summed E-state index contributed by atoms with van der Waals surface area (Å²) in [6, 6.07) is 7.32. The number of benzene rings is 1. The summed E-state index contributed by atoms with van der Waals surface area (Å²) in [6.45, 7) is 7.69. The Morgan fingerprint density at radius 1 is 1.28 bits per heavy atom. The van der Waals surface area contributed by atoms with E-state index < -0.39 is 0 Å². The summed E-state index contributed by atoms with van der Waals surface area (Å²) < 4.78 is 0. The van der Waals surface area contributed by atoms with Crippen LogP contribution in [-0.2, 0) is 12.8 Å². The molecule has 0 aliphatic rings. The Balaban J connectivity index is 2.04. The fraction of sp³-hybridized carbons (Fsp3) is 0.500. The topological polar surface area (TPSA) is 27.8 Å². The monoisotopic (exact) mass is 244 g/mol. The molecule has 0 aliphatic heterocycles.